The third-order valence-electron chi connectivity index (χ3n) is 2.82. The average molecular weight is 271 g/mol. The highest BCUT2D eigenvalue weighted by Gasteiger charge is 2.22. The molecule has 4 heteroatoms. The molecule has 0 aromatic heterocycles. The maximum absolute atomic E-state index is 6.07. The summed E-state index contributed by atoms with van der Waals surface area (Å²) in [6.45, 7) is 4.89. The fraction of sp³-hybridized carbons (Fsp3) is 0.538. The van der Waals surface area contributed by atoms with Crippen LogP contribution in [0.25, 0.3) is 0 Å². The summed E-state index contributed by atoms with van der Waals surface area (Å²) in [6, 6.07) is 6.53. The quantitative estimate of drug-likeness (QED) is 0.886. The highest BCUT2D eigenvalue weighted by molar-refractivity contribution is 7.99. The Labute approximate surface area is 112 Å². The minimum Gasteiger partial charge on any atom is -0.324 e. The number of nitrogens with one attached hydrogen (secondary N) is 1. The average Bonchev–Trinajstić information content (AvgIpc) is 2.25. The van der Waals surface area contributed by atoms with Gasteiger partial charge in [0.15, 0.2) is 0 Å². The van der Waals surface area contributed by atoms with Crippen molar-refractivity contribution in [1.82, 2.24) is 5.32 Å². The molecular formula is C13H19ClN2S. The first-order chi connectivity index (χ1) is 7.96. The van der Waals surface area contributed by atoms with Crippen LogP contribution >= 0.6 is 23.4 Å². The lowest BCUT2D eigenvalue weighted by atomic mass is 10.0. The molecule has 0 aliphatic carbocycles. The molecule has 3 N–H and O–H groups in total. The van der Waals surface area contributed by atoms with E-state index in [4.69, 9.17) is 17.3 Å². The Morgan fingerprint density at radius 3 is 3.00 bits per heavy atom. The van der Waals surface area contributed by atoms with Gasteiger partial charge >= 0.3 is 0 Å². The molecule has 0 radical (unpaired) electrons. The minimum atomic E-state index is -0.177. The van der Waals surface area contributed by atoms with E-state index in [0.717, 1.165) is 23.7 Å². The smallest absolute Gasteiger partial charge is 0.0410 e. The van der Waals surface area contributed by atoms with Crippen LogP contribution in [0.1, 0.15) is 31.9 Å². The van der Waals surface area contributed by atoms with Gasteiger partial charge in [0.2, 0.25) is 0 Å². The molecule has 0 saturated carbocycles. The van der Waals surface area contributed by atoms with Gasteiger partial charge in [-0.2, -0.15) is 0 Å². The molecule has 1 aliphatic heterocycles. The summed E-state index contributed by atoms with van der Waals surface area (Å²) in [5, 5.41) is 4.36. The number of hydrogen-bond acceptors (Lipinski definition) is 3. The normalized spacial score (nSPS) is 20.1. The molecule has 1 aromatic rings. The van der Waals surface area contributed by atoms with Gasteiger partial charge in [0.1, 0.15) is 0 Å². The van der Waals surface area contributed by atoms with Crippen LogP contribution in [0.2, 0.25) is 5.02 Å². The molecule has 1 heterocycles. The second kappa shape index (κ2) is 5.19. The Morgan fingerprint density at radius 2 is 2.29 bits per heavy atom. The molecule has 2 rings (SSSR count). The number of halogens is 1. The molecule has 0 amide bonds. The zero-order valence-corrected chi connectivity index (χ0v) is 11.9. The Bertz CT molecular complexity index is 401. The van der Waals surface area contributed by atoms with E-state index >= 15 is 0 Å². The van der Waals surface area contributed by atoms with Gasteiger partial charge in [-0.15, -0.1) is 11.8 Å². The van der Waals surface area contributed by atoms with Crippen molar-refractivity contribution in [3.8, 4) is 0 Å². The molecule has 0 fully saturated rings. The van der Waals surface area contributed by atoms with Crippen LogP contribution < -0.4 is 11.1 Å². The minimum absolute atomic E-state index is 0.177. The first-order valence-electron chi connectivity index (χ1n) is 5.90. The van der Waals surface area contributed by atoms with Gasteiger partial charge in [0.25, 0.3) is 0 Å². The lowest BCUT2D eigenvalue weighted by molar-refractivity contribution is 0.413. The van der Waals surface area contributed by atoms with Gasteiger partial charge in [-0.25, -0.2) is 0 Å². The summed E-state index contributed by atoms with van der Waals surface area (Å²) >= 11 is 7.97. The van der Waals surface area contributed by atoms with Gasteiger partial charge in [-0.3, -0.25) is 0 Å². The third kappa shape index (κ3) is 3.62. The molecule has 94 valence electrons. The van der Waals surface area contributed by atoms with Crippen LogP contribution in [-0.4, -0.2) is 17.8 Å². The first-order valence-corrected chi connectivity index (χ1v) is 7.26. The summed E-state index contributed by atoms with van der Waals surface area (Å²) in [5.74, 6) is 1.15. The van der Waals surface area contributed by atoms with Crippen LogP contribution in [-0.2, 0) is 0 Å². The number of fused-ring (bicyclic) bond motifs is 1. The Morgan fingerprint density at radius 1 is 1.53 bits per heavy atom. The zero-order valence-electron chi connectivity index (χ0n) is 10.3. The third-order valence-corrected chi connectivity index (χ3v) is 4.17. The van der Waals surface area contributed by atoms with E-state index in [9.17, 15) is 0 Å². The topological polar surface area (TPSA) is 38.0 Å². The first kappa shape index (κ1) is 13.2. The van der Waals surface area contributed by atoms with E-state index in [1.807, 2.05) is 31.7 Å². The van der Waals surface area contributed by atoms with Crippen LogP contribution in [0, 0.1) is 0 Å². The van der Waals surface area contributed by atoms with Gasteiger partial charge in [-0.1, -0.05) is 11.6 Å². The number of nitrogens with two attached hydrogens (primary N) is 1. The molecule has 17 heavy (non-hydrogen) atoms. The van der Waals surface area contributed by atoms with E-state index in [-0.39, 0.29) is 5.54 Å². The summed E-state index contributed by atoms with van der Waals surface area (Å²) in [4.78, 5) is 1.34. The fourth-order valence-corrected chi connectivity index (χ4v) is 3.25. The van der Waals surface area contributed by atoms with E-state index in [1.165, 1.54) is 10.5 Å². The van der Waals surface area contributed by atoms with E-state index < -0.39 is 0 Å². The van der Waals surface area contributed by atoms with Gasteiger partial charge in [0.05, 0.1) is 0 Å². The van der Waals surface area contributed by atoms with Crippen molar-refractivity contribution in [2.45, 2.75) is 36.7 Å². The van der Waals surface area contributed by atoms with E-state index in [2.05, 4.69) is 17.4 Å². The van der Waals surface area contributed by atoms with Crippen LogP contribution in [0.15, 0.2) is 23.1 Å². The highest BCUT2D eigenvalue weighted by atomic mass is 35.5. The van der Waals surface area contributed by atoms with Gasteiger partial charge in [0, 0.05) is 28.0 Å². The highest BCUT2D eigenvalue weighted by Crippen LogP contribution is 2.37. The number of thioether (sulfide) groups is 1. The van der Waals surface area contributed by atoms with Crippen LogP contribution in [0.5, 0.6) is 0 Å². The maximum Gasteiger partial charge on any atom is 0.0410 e. The Balaban J connectivity index is 2.14. The standard InChI is InChI=1S/C13H19ClN2S/c1-13(2,15)8-16-11-5-6-17-12-4-3-9(14)7-10(11)12/h3-4,7,11,16H,5-6,8,15H2,1-2H3. The van der Waals surface area contributed by atoms with Crippen molar-refractivity contribution in [3.05, 3.63) is 28.8 Å². The molecule has 1 aliphatic rings. The monoisotopic (exact) mass is 270 g/mol. The number of hydrogen-bond donors (Lipinski definition) is 2. The summed E-state index contributed by atoms with van der Waals surface area (Å²) in [6.07, 6.45) is 1.13. The van der Waals surface area contributed by atoms with Crippen molar-refractivity contribution in [1.29, 1.82) is 0 Å². The fourth-order valence-electron chi connectivity index (χ4n) is 1.96. The number of benzene rings is 1. The summed E-state index contributed by atoms with van der Waals surface area (Å²) in [7, 11) is 0. The maximum atomic E-state index is 6.07. The Hall–Kier alpha value is -0.220. The lowest BCUT2D eigenvalue weighted by Crippen LogP contribution is -2.44. The van der Waals surface area contributed by atoms with Crippen molar-refractivity contribution in [2.24, 2.45) is 5.73 Å². The van der Waals surface area contributed by atoms with Crippen molar-refractivity contribution in [2.75, 3.05) is 12.3 Å². The SMILES string of the molecule is CC(C)(N)CNC1CCSc2ccc(Cl)cc21. The van der Waals surface area contributed by atoms with E-state index in [1.54, 1.807) is 0 Å². The van der Waals surface area contributed by atoms with Crippen LogP contribution in [0.3, 0.4) is 0 Å². The Kier molecular flexibility index (Phi) is 4.03. The van der Waals surface area contributed by atoms with Crippen molar-refractivity contribution in [3.63, 3.8) is 0 Å². The molecule has 1 unspecified atom stereocenters. The van der Waals surface area contributed by atoms with E-state index in [0.29, 0.717) is 6.04 Å². The second-order valence-corrected chi connectivity index (χ2v) is 6.81. The zero-order chi connectivity index (χ0) is 12.5. The van der Waals surface area contributed by atoms with Crippen molar-refractivity contribution < 1.29 is 0 Å². The summed E-state index contributed by atoms with van der Waals surface area (Å²) in [5.41, 5.74) is 7.15. The lowest BCUT2D eigenvalue weighted by Gasteiger charge is -2.29. The molecule has 0 spiro atoms. The predicted octanol–water partition coefficient (Wildman–Crippen LogP) is 3.20. The van der Waals surface area contributed by atoms with Gasteiger partial charge in [-0.05, 0) is 49.8 Å². The molecule has 0 bridgehead atoms. The molecular weight excluding hydrogens is 252 g/mol. The summed E-state index contributed by atoms with van der Waals surface area (Å²) < 4.78 is 0. The molecule has 1 atom stereocenters. The molecule has 2 nitrogen and oxygen atoms in total. The molecule has 0 saturated heterocycles. The van der Waals surface area contributed by atoms with Crippen molar-refractivity contribution >= 4 is 23.4 Å². The molecule has 1 aromatic carbocycles. The number of rotatable bonds is 3. The largest absolute Gasteiger partial charge is 0.324 e. The second-order valence-electron chi connectivity index (χ2n) is 5.24. The van der Waals surface area contributed by atoms with Crippen LogP contribution in [0.4, 0.5) is 0 Å². The predicted molar refractivity (Wildman–Crippen MR) is 75.8 cm³/mol. The van der Waals surface area contributed by atoms with Gasteiger partial charge < -0.3 is 11.1 Å².